The van der Waals surface area contributed by atoms with Crippen molar-refractivity contribution in [2.75, 3.05) is 12.4 Å². The first kappa shape index (κ1) is 21.3. The Kier molecular flexibility index (Phi) is 5.52. The van der Waals surface area contributed by atoms with Crippen LogP contribution in [0.3, 0.4) is 0 Å². The van der Waals surface area contributed by atoms with Gasteiger partial charge in [0.15, 0.2) is 5.82 Å². The van der Waals surface area contributed by atoms with Crippen LogP contribution in [0.4, 0.5) is 19.0 Å². The van der Waals surface area contributed by atoms with Gasteiger partial charge in [0.2, 0.25) is 0 Å². The minimum atomic E-state index is -4.84. The number of hydrogen-bond donors (Lipinski definition) is 2. The van der Waals surface area contributed by atoms with E-state index in [1.165, 1.54) is 12.1 Å². The van der Waals surface area contributed by atoms with E-state index in [0.29, 0.717) is 12.2 Å². The average molecular weight is 444 g/mol. The third-order valence-corrected chi connectivity index (χ3v) is 4.85. The van der Waals surface area contributed by atoms with E-state index in [1.807, 2.05) is 31.2 Å². The predicted octanol–water partition coefficient (Wildman–Crippen LogP) is 5.21. The Morgan fingerprint density at radius 1 is 1.12 bits per heavy atom. The lowest BCUT2D eigenvalue weighted by Gasteiger charge is -2.09. The van der Waals surface area contributed by atoms with Crippen LogP contribution in [0, 0.1) is 0 Å². The summed E-state index contributed by atoms with van der Waals surface area (Å²) in [5.41, 5.74) is 2.56. The van der Waals surface area contributed by atoms with Crippen molar-refractivity contribution in [2.24, 2.45) is 0 Å². The van der Waals surface area contributed by atoms with E-state index < -0.39 is 18.0 Å². The van der Waals surface area contributed by atoms with Crippen molar-refractivity contribution < 1.29 is 27.4 Å². The van der Waals surface area contributed by atoms with E-state index in [2.05, 4.69) is 24.8 Å². The quantitative estimate of drug-likeness (QED) is 0.428. The highest BCUT2D eigenvalue weighted by Crippen LogP contribution is 2.31. The topological polar surface area (TPSA) is 81.2 Å². The Morgan fingerprint density at radius 2 is 1.94 bits per heavy atom. The number of amides is 1. The Labute approximate surface area is 180 Å². The smallest absolute Gasteiger partial charge is 0.497 e. The number of aromatic nitrogens is 3. The Hall–Kier alpha value is -3.95. The molecule has 0 unspecified atom stereocenters. The maximum absolute atomic E-state index is 12.5. The van der Waals surface area contributed by atoms with Gasteiger partial charge in [-0.3, -0.25) is 9.89 Å². The molecule has 0 fully saturated rings. The second-order valence-corrected chi connectivity index (χ2v) is 6.90. The molecule has 1 amide bonds. The number of hydrogen-bond acceptors (Lipinski definition) is 4. The molecule has 0 aliphatic heterocycles. The summed E-state index contributed by atoms with van der Waals surface area (Å²) in [5, 5.41) is 10.6. The second-order valence-electron chi connectivity index (χ2n) is 6.90. The summed E-state index contributed by atoms with van der Waals surface area (Å²) in [6.45, 7) is 2.72. The molecular weight excluding hydrogens is 425 g/mol. The van der Waals surface area contributed by atoms with Crippen LogP contribution in [0.15, 0.2) is 54.6 Å². The van der Waals surface area contributed by atoms with Crippen molar-refractivity contribution in [2.45, 2.75) is 19.8 Å². The van der Waals surface area contributed by atoms with Gasteiger partial charge in [0.05, 0.1) is 18.5 Å². The van der Waals surface area contributed by atoms with E-state index in [-0.39, 0.29) is 11.4 Å². The van der Waals surface area contributed by atoms with Crippen molar-refractivity contribution in [1.82, 2.24) is 14.8 Å². The molecule has 10 heteroatoms. The average Bonchev–Trinajstić information content (AvgIpc) is 3.35. The predicted molar refractivity (Wildman–Crippen MR) is 113 cm³/mol. The monoisotopic (exact) mass is 444 g/mol. The number of carbonyl (C=O) groups excluding carboxylic acids is 1. The van der Waals surface area contributed by atoms with E-state index in [9.17, 15) is 18.0 Å². The summed E-state index contributed by atoms with van der Waals surface area (Å²) in [6, 6.07) is 14.2. The van der Waals surface area contributed by atoms with E-state index in [1.54, 1.807) is 13.2 Å². The molecular formula is C22H19F3N4O3. The van der Waals surface area contributed by atoms with E-state index in [0.717, 1.165) is 34.5 Å². The van der Waals surface area contributed by atoms with Crippen LogP contribution in [0.5, 0.6) is 11.5 Å². The Bertz CT molecular complexity index is 1280. The molecule has 7 nitrogen and oxygen atoms in total. The minimum Gasteiger partial charge on any atom is -0.497 e. The molecule has 0 radical (unpaired) electrons. The number of alkyl halides is 3. The summed E-state index contributed by atoms with van der Waals surface area (Å²) in [7, 11) is 1.60. The van der Waals surface area contributed by atoms with Crippen molar-refractivity contribution in [3.8, 4) is 22.9 Å². The van der Waals surface area contributed by atoms with Gasteiger partial charge >= 0.3 is 6.36 Å². The number of methoxy groups -OCH3 is 1. The number of aromatic amines is 1. The number of ether oxygens (including phenoxy) is 2. The number of halogens is 3. The zero-order valence-corrected chi connectivity index (χ0v) is 17.2. The molecule has 0 saturated heterocycles. The van der Waals surface area contributed by atoms with Crippen LogP contribution in [-0.4, -0.2) is 34.1 Å². The highest BCUT2D eigenvalue weighted by Gasteiger charge is 2.31. The number of nitrogens with zero attached hydrogens (tertiary/aromatic N) is 2. The summed E-state index contributed by atoms with van der Waals surface area (Å²) in [4.78, 5) is 12.5. The lowest BCUT2D eigenvalue weighted by molar-refractivity contribution is -0.274. The van der Waals surface area contributed by atoms with Gasteiger partial charge in [-0.25, -0.2) is 0 Å². The molecule has 0 atom stereocenters. The number of carbonyl (C=O) groups is 1. The number of benzene rings is 2. The molecule has 0 spiro atoms. The molecule has 166 valence electrons. The van der Waals surface area contributed by atoms with E-state index in [4.69, 9.17) is 4.74 Å². The van der Waals surface area contributed by atoms with Gasteiger partial charge in [-0.15, -0.1) is 13.2 Å². The van der Waals surface area contributed by atoms with Crippen molar-refractivity contribution in [1.29, 1.82) is 0 Å². The summed E-state index contributed by atoms with van der Waals surface area (Å²) in [6.07, 6.45) is -4.84. The summed E-state index contributed by atoms with van der Waals surface area (Å²) >= 11 is 0. The van der Waals surface area contributed by atoms with Crippen LogP contribution in [0.2, 0.25) is 0 Å². The fraction of sp³-hybridized carbons (Fsp3) is 0.182. The van der Waals surface area contributed by atoms with Crippen molar-refractivity contribution in [3.63, 3.8) is 0 Å². The third-order valence-electron chi connectivity index (χ3n) is 4.85. The largest absolute Gasteiger partial charge is 0.573 e. The first-order chi connectivity index (χ1) is 15.3. The maximum Gasteiger partial charge on any atom is 0.573 e. The molecule has 2 N–H and O–H groups in total. The molecule has 4 aromatic rings. The third kappa shape index (κ3) is 4.39. The van der Waals surface area contributed by atoms with Gasteiger partial charge in [0, 0.05) is 29.1 Å². The summed E-state index contributed by atoms with van der Waals surface area (Å²) < 4.78 is 48.5. The molecule has 0 saturated carbocycles. The SMILES string of the molecule is CCn1c(-c2cc(NC(=O)c3cccc(OC(F)(F)F)c3)n[nH]2)cc2cc(OC)ccc21. The van der Waals surface area contributed by atoms with Crippen molar-refractivity contribution in [3.05, 3.63) is 60.2 Å². The zero-order chi connectivity index (χ0) is 22.9. The van der Waals surface area contributed by atoms with Gasteiger partial charge in [0.25, 0.3) is 5.91 Å². The minimum absolute atomic E-state index is 0.00562. The molecule has 2 heterocycles. The van der Waals surface area contributed by atoms with Crippen LogP contribution < -0.4 is 14.8 Å². The van der Waals surface area contributed by atoms with Crippen LogP contribution in [-0.2, 0) is 6.54 Å². The van der Waals surface area contributed by atoms with Crippen LogP contribution >= 0.6 is 0 Å². The lowest BCUT2D eigenvalue weighted by Crippen LogP contribution is -2.18. The standard InChI is InChI=1S/C22H19F3N4O3/c1-3-29-18-8-7-15(31-2)10-14(18)11-19(29)17-12-20(28-27-17)26-21(30)13-5-4-6-16(9-13)32-22(23,24)25/h4-12H,3H2,1-2H3,(H2,26,27,28,30). The number of H-pyrrole nitrogens is 1. The first-order valence-electron chi connectivity index (χ1n) is 9.67. The maximum atomic E-state index is 12.5. The van der Waals surface area contributed by atoms with Crippen LogP contribution in [0.1, 0.15) is 17.3 Å². The zero-order valence-electron chi connectivity index (χ0n) is 17.2. The highest BCUT2D eigenvalue weighted by molar-refractivity contribution is 6.04. The molecule has 32 heavy (non-hydrogen) atoms. The van der Waals surface area contributed by atoms with Gasteiger partial charge < -0.3 is 19.4 Å². The summed E-state index contributed by atoms with van der Waals surface area (Å²) in [5.74, 6) is -0.114. The number of rotatable bonds is 6. The van der Waals surface area contributed by atoms with Gasteiger partial charge in [0.1, 0.15) is 11.5 Å². The number of anilines is 1. The van der Waals surface area contributed by atoms with Gasteiger partial charge in [-0.1, -0.05) is 6.07 Å². The number of aryl methyl sites for hydroxylation is 1. The molecule has 4 rings (SSSR count). The fourth-order valence-corrected chi connectivity index (χ4v) is 3.48. The van der Waals surface area contributed by atoms with Crippen molar-refractivity contribution >= 4 is 22.6 Å². The highest BCUT2D eigenvalue weighted by atomic mass is 19.4. The fourth-order valence-electron chi connectivity index (χ4n) is 3.48. The van der Waals surface area contributed by atoms with Crippen LogP contribution in [0.25, 0.3) is 22.3 Å². The molecule has 2 aromatic carbocycles. The molecule has 0 aliphatic carbocycles. The Morgan fingerprint density at radius 3 is 2.66 bits per heavy atom. The van der Waals surface area contributed by atoms with E-state index >= 15 is 0 Å². The normalized spacial score (nSPS) is 11.5. The molecule has 0 aliphatic rings. The lowest BCUT2D eigenvalue weighted by atomic mass is 10.2. The number of nitrogens with one attached hydrogen (secondary N) is 2. The first-order valence-corrected chi connectivity index (χ1v) is 9.67. The molecule has 2 aromatic heterocycles. The molecule has 0 bridgehead atoms. The second kappa shape index (κ2) is 8.29. The number of fused-ring (bicyclic) bond motifs is 1. The van der Waals surface area contributed by atoms with Gasteiger partial charge in [-0.05, 0) is 49.4 Å². The van der Waals surface area contributed by atoms with Gasteiger partial charge in [-0.2, -0.15) is 5.10 Å². The Balaban J connectivity index is 1.57.